The molecule has 3 rings (SSSR count). The van der Waals surface area contributed by atoms with Crippen molar-refractivity contribution >= 4 is 21.9 Å². The second-order valence-corrected chi connectivity index (χ2v) is 9.81. The van der Waals surface area contributed by atoms with Gasteiger partial charge in [0.15, 0.2) is 6.61 Å². The van der Waals surface area contributed by atoms with E-state index in [1.165, 1.54) is 4.31 Å². The molecule has 1 heterocycles. The summed E-state index contributed by atoms with van der Waals surface area (Å²) in [6.45, 7) is 8.30. The molecule has 1 aromatic rings. The third-order valence-corrected chi connectivity index (χ3v) is 7.75. The van der Waals surface area contributed by atoms with Crippen LogP contribution in [0.3, 0.4) is 0 Å². The van der Waals surface area contributed by atoms with Gasteiger partial charge in [0.25, 0.3) is 5.91 Å². The van der Waals surface area contributed by atoms with E-state index in [2.05, 4.69) is 0 Å². The second-order valence-electron chi connectivity index (χ2n) is 7.94. The Morgan fingerprint density at radius 2 is 1.61 bits per heavy atom. The summed E-state index contributed by atoms with van der Waals surface area (Å²) in [5, 5.41) is 0. The van der Waals surface area contributed by atoms with E-state index in [0.29, 0.717) is 23.9 Å². The number of amides is 1. The predicted octanol–water partition coefficient (Wildman–Crippen LogP) is 1.64. The Labute approximate surface area is 166 Å². The molecule has 2 aliphatic rings. The minimum atomic E-state index is -3.61. The zero-order valence-corrected chi connectivity index (χ0v) is 17.7. The van der Waals surface area contributed by atoms with Gasteiger partial charge in [0, 0.05) is 26.2 Å². The summed E-state index contributed by atoms with van der Waals surface area (Å²) in [5.74, 6) is -0.324. The molecule has 7 nitrogen and oxygen atoms in total. The van der Waals surface area contributed by atoms with Crippen LogP contribution in [-0.4, -0.2) is 62.3 Å². The van der Waals surface area contributed by atoms with Crippen LogP contribution in [0.1, 0.15) is 30.0 Å². The largest absolute Gasteiger partial charge is 0.455 e. The summed E-state index contributed by atoms with van der Waals surface area (Å²) in [7, 11) is -3.61. The lowest BCUT2D eigenvalue weighted by atomic mass is 10.1. The van der Waals surface area contributed by atoms with Gasteiger partial charge in [-0.2, -0.15) is 4.31 Å². The number of ether oxygens (including phenoxy) is 1. The first kappa shape index (κ1) is 20.8. The molecule has 1 aliphatic carbocycles. The van der Waals surface area contributed by atoms with Gasteiger partial charge in [-0.15, -0.1) is 0 Å². The van der Waals surface area contributed by atoms with E-state index in [4.69, 9.17) is 4.74 Å². The molecule has 154 valence electrons. The number of aryl methyl sites for hydroxylation is 3. The van der Waals surface area contributed by atoms with Gasteiger partial charge in [0.05, 0.1) is 10.8 Å². The summed E-state index contributed by atoms with van der Waals surface area (Å²) in [6.07, 6.45) is 0.821. The third-order valence-electron chi connectivity index (χ3n) is 5.54. The van der Waals surface area contributed by atoms with Crippen LogP contribution in [0.4, 0.5) is 0 Å². The Morgan fingerprint density at radius 3 is 2.11 bits per heavy atom. The molecule has 0 radical (unpaired) electrons. The highest BCUT2D eigenvalue weighted by molar-refractivity contribution is 7.89. The van der Waals surface area contributed by atoms with Gasteiger partial charge >= 0.3 is 5.97 Å². The first-order valence-corrected chi connectivity index (χ1v) is 11.1. The molecular weight excluding hydrogens is 380 g/mol. The molecule has 0 N–H and O–H groups in total. The lowest BCUT2D eigenvalue weighted by Crippen LogP contribution is -2.51. The highest BCUT2D eigenvalue weighted by Gasteiger charge is 2.41. The lowest BCUT2D eigenvalue weighted by Gasteiger charge is -2.34. The zero-order valence-electron chi connectivity index (χ0n) is 16.9. The van der Waals surface area contributed by atoms with Gasteiger partial charge in [0.2, 0.25) is 10.0 Å². The van der Waals surface area contributed by atoms with Gasteiger partial charge in [-0.25, -0.2) is 8.42 Å². The van der Waals surface area contributed by atoms with E-state index in [0.717, 1.165) is 23.1 Å². The predicted molar refractivity (Wildman–Crippen MR) is 104 cm³/mol. The van der Waals surface area contributed by atoms with Crippen LogP contribution in [0.25, 0.3) is 0 Å². The molecule has 0 aromatic heterocycles. The summed E-state index contributed by atoms with van der Waals surface area (Å²) >= 11 is 0. The number of esters is 1. The fourth-order valence-corrected chi connectivity index (χ4v) is 5.70. The van der Waals surface area contributed by atoms with Crippen LogP contribution in [0.15, 0.2) is 17.0 Å². The molecule has 1 aromatic carbocycles. The molecule has 0 bridgehead atoms. The summed E-state index contributed by atoms with van der Waals surface area (Å²) < 4.78 is 32.7. The van der Waals surface area contributed by atoms with E-state index < -0.39 is 10.0 Å². The fourth-order valence-electron chi connectivity index (χ4n) is 3.86. The molecule has 0 spiro atoms. The summed E-state index contributed by atoms with van der Waals surface area (Å²) in [6, 6.07) is 3.74. The number of carbonyl (C=O) groups excluding carboxylic acids is 2. The molecule has 1 saturated carbocycles. The maximum absolute atomic E-state index is 13.1. The number of hydrogen-bond donors (Lipinski definition) is 0. The van der Waals surface area contributed by atoms with Crippen LogP contribution in [0.2, 0.25) is 0 Å². The minimum absolute atomic E-state index is 0.0734. The fraction of sp³-hybridized carbons (Fsp3) is 0.600. The molecular formula is C20H28N2O5S. The van der Waals surface area contributed by atoms with Crippen molar-refractivity contribution in [2.75, 3.05) is 32.8 Å². The topological polar surface area (TPSA) is 84.0 Å². The van der Waals surface area contributed by atoms with Crippen molar-refractivity contribution in [2.45, 2.75) is 39.0 Å². The maximum Gasteiger partial charge on any atom is 0.309 e. The van der Waals surface area contributed by atoms with E-state index >= 15 is 0 Å². The van der Waals surface area contributed by atoms with Gasteiger partial charge in [0.1, 0.15) is 0 Å². The molecule has 1 aliphatic heterocycles. The monoisotopic (exact) mass is 408 g/mol. The van der Waals surface area contributed by atoms with Crippen molar-refractivity contribution < 1.29 is 22.7 Å². The van der Waals surface area contributed by atoms with Crippen LogP contribution >= 0.6 is 0 Å². The Kier molecular flexibility index (Phi) is 5.82. The normalized spacial score (nSPS) is 22.8. The molecule has 1 saturated heterocycles. The van der Waals surface area contributed by atoms with Gasteiger partial charge in [-0.1, -0.05) is 24.6 Å². The Bertz CT molecular complexity index is 865. The SMILES string of the molecule is Cc1cc(C)c(S(=O)(=O)N2CCN(C(=O)COC(=O)[C@H]3C[C@@H]3C)CC2)c(C)c1. The quantitative estimate of drug-likeness (QED) is 0.692. The number of benzene rings is 1. The van der Waals surface area contributed by atoms with E-state index in [-0.39, 0.29) is 37.5 Å². The highest BCUT2D eigenvalue weighted by Crippen LogP contribution is 2.38. The van der Waals surface area contributed by atoms with Crippen molar-refractivity contribution in [1.82, 2.24) is 9.21 Å². The number of hydrogen-bond acceptors (Lipinski definition) is 5. The lowest BCUT2D eigenvalue weighted by molar-refractivity contribution is -0.153. The third kappa shape index (κ3) is 4.22. The van der Waals surface area contributed by atoms with Crippen LogP contribution in [0, 0.1) is 32.6 Å². The standard InChI is InChI=1S/C20H28N2O5S/c1-13-9-15(3)19(16(4)10-13)28(25,26)22-7-5-21(6-8-22)18(23)12-27-20(24)17-11-14(17)2/h9-10,14,17H,5-8,11-12H2,1-4H3/t14-,17-/m0/s1. The molecule has 2 fully saturated rings. The smallest absolute Gasteiger partial charge is 0.309 e. The molecule has 1 amide bonds. The molecule has 28 heavy (non-hydrogen) atoms. The molecule has 8 heteroatoms. The first-order valence-electron chi connectivity index (χ1n) is 9.63. The van der Waals surface area contributed by atoms with Crippen molar-refractivity contribution in [3.8, 4) is 0 Å². The maximum atomic E-state index is 13.1. The number of carbonyl (C=O) groups is 2. The highest BCUT2D eigenvalue weighted by atomic mass is 32.2. The van der Waals surface area contributed by atoms with Crippen LogP contribution in [0.5, 0.6) is 0 Å². The van der Waals surface area contributed by atoms with E-state index in [1.54, 1.807) is 4.90 Å². The van der Waals surface area contributed by atoms with Crippen molar-refractivity contribution in [1.29, 1.82) is 0 Å². The molecule has 0 unspecified atom stereocenters. The van der Waals surface area contributed by atoms with Crippen molar-refractivity contribution in [3.63, 3.8) is 0 Å². The Morgan fingerprint density at radius 1 is 1.07 bits per heavy atom. The number of nitrogens with zero attached hydrogens (tertiary/aromatic N) is 2. The average Bonchev–Trinajstić information content (AvgIpc) is 3.35. The second kappa shape index (κ2) is 7.83. The molecule has 2 atom stereocenters. The Hall–Kier alpha value is -1.93. The van der Waals surface area contributed by atoms with Gasteiger partial charge in [-0.3, -0.25) is 9.59 Å². The van der Waals surface area contributed by atoms with Crippen molar-refractivity contribution in [2.24, 2.45) is 11.8 Å². The summed E-state index contributed by atoms with van der Waals surface area (Å²) in [4.78, 5) is 25.9. The van der Waals surface area contributed by atoms with Crippen LogP contribution in [-0.2, 0) is 24.3 Å². The van der Waals surface area contributed by atoms with E-state index in [9.17, 15) is 18.0 Å². The number of sulfonamides is 1. The minimum Gasteiger partial charge on any atom is -0.455 e. The first-order chi connectivity index (χ1) is 13.1. The number of rotatable bonds is 5. The number of piperazine rings is 1. The zero-order chi connectivity index (χ0) is 20.6. The van der Waals surface area contributed by atoms with Crippen molar-refractivity contribution in [3.05, 3.63) is 28.8 Å². The van der Waals surface area contributed by atoms with E-state index in [1.807, 2.05) is 39.8 Å². The summed E-state index contributed by atoms with van der Waals surface area (Å²) in [5.41, 5.74) is 2.49. The Balaban J connectivity index is 1.58. The average molecular weight is 409 g/mol. The van der Waals surface area contributed by atoms with Gasteiger partial charge < -0.3 is 9.64 Å². The van der Waals surface area contributed by atoms with Crippen LogP contribution < -0.4 is 0 Å². The van der Waals surface area contributed by atoms with Gasteiger partial charge in [-0.05, 0) is 44.2 Å².